The number of hydrogen-bond donors (Lipinski definition) is 1. The summed E-state index contributed by atoms with van der Waals surface area (Å²) in [6, 6.07) is 18.7. The molecule has 0 unspecified atom stereocenters. The van der Waals surface area contributed by atoms with E-state index in [9.17, 15) is 9.59 Å². The molecule has 0 radical (unpaired) electrons. The van der Waals surface area contributed by atoms with Gasteiger partial charge in [-0.2, -0.15) is 5.26 Å². The SMILES string of the molecule is N#CCC(=O)Nc1ccc(N2CCN(C(=O)c3ccccc3)CC2)cc1. The summed E-state index contributed by atoms with van der Waals surface area (Å²) in [4.78, 5) is 28.0. The summed E-state index contributed by atoms with van der Waals surface area (Å²) in [7, 11) is 0. The highest BCUT2D eigenvalue weighted by Crippen LogP contribution is 2.20. The fourth-order valence-corrected chi connectivity index (χ4v) is 2.96. The van der Waals surface area contributed by atoms with E-state index < -0.39 is 0 Å². The van der Waals surface area contributed by atoms with E-state index in [0.717, 1.165) is 24.3 Å². The number of nitriles is 1. The lowest BCUT2D eigenvalue weighted by molar-refractivity contribution is -0.115. The van der Waals surface area contributed by atoms with Crippen LogP contribution < -0.4 is 10.2 Å². The van der Waals surface area contributed by atoms with E-state index in [4.69, 9.17) is 5.26 Å². The van der Waals surface area contributed by atoms with Crippen LogP contribution in [-0.2, 0) is 4.79 Å². The van der Waals surface area contributed by atoms with Gasteiger partial charge < -0.3 is 15.1 Å². The monoisotopic (exact) mass is 348 g/mol. The Balaban J connectivity index is 1.56. The number of nitrogens with one attached hydrogen (secondary N) is 1. The van der Waals surface area contributed by atoms with Gasteiger partial charge >= 0.3 is 0 Å². The molecule has 1 saturated heterocycles. The molecule has 1 aliphatic rings. The van der Waals surface area contributed by atoms with Gasteiger partial charge in [-0.1, -0.05) is 18.2 Å². The fraction of sp³-hybridized carbons (Fsp3) is 0.250. The molecule has 6 nitrogen and oxygen atoms in total. The number of rotatable bonds is 4. The molecule has 1 N–H and O–H groups in total. The molecular formula is C20H20N4O2. The predicted molar refractivity (Wildman–Crippen MR) is 99.9 cm³/mol. The highest BCUT2D eigenvalue weighted by molar-refractivity contribution is 5.94. The molecule has 0 aromatic heterocycles. The molecule has 1 heterocycles. The van der Waals surface area contributed by atoms with Crippen molar-refractivity contribution < 1.29 is 9.59 Å². The Labute approximate surface area is 152 Å². The number of anilines is 2. The zero-order valence-corrected chi connectivity index (χ0v) is 14.4. The second kappa shape index (κ2) is 8.17. The van der Waals surface area contributed by atoms with Crippen LogP contribution in [-0.4, -0.2) is 42.9 Å². The number of nitrogens with zero attached hydrogens (tertiary/aromatic N) is 3. The summed E-state index contributed by atoms with van der Waals surface area (Å²) in [6.45, 7) is 2.88. The molecule has 0 bridgehead atoms. The first-order valence-electron chi connectivity index (χ1n) is 8.53. The summed E-state index contributed by atoms with van der Waals surface area (Å²) < 4.78 is 0. The minimum atomic E-state index is -0.312. The molecule has 0 aliphatic carbocycles. The van der Waals surface area contributed by atoms with Gasteiger partial charge in [0.25, 0.3) is 5.91 Å². The molecule has 0 saturated carbocycles. The first kappa shape index (κ1) is 17.5. The van der Waals surface area contributed by atoms with Crippen LogP contribution in [0.1, 0.15) is 16.8 Å². The number of carbonyl (C=O) groups excluding carboxylic acids is 2. The molecule has 1 aliphatic heterocycles. The average Bonchev–Trinajstić information content (AvgIpc) is 2.69. The van der Waals surface area contributed by atoms with Crippen LogP contribution in [0.25, 0.3) is 0 Å². The molecular weight excluding hydrogens is 328 g/mol. The van der Waals surface area contributed by atoms with E-state index in [1.807, 2.05) is 65.6 Å². The van der Waals surface area contributed by atoms with Gasteiger partial charge in [0.05, 0.1) is 6.07 Å². The van der Waals surface area contributed by atoms with E-state index in [1.165, 1.54) is 0 Å². The van der Waals surface area contributed by atoms with E-state index >= 15 is 0 Å². The number of amides is 2. The molecule has 132 valence electrons. The van der Waals surface area contributed by atoms with Gasteiger partial charge in [0, 0.05) is 43.1 Å². The second-order valence-electron chi connectivity index (χ2n) is 6.08. The van der Waals surface area contributed by atoms with Crippen molar-refractivity contribution in [1.29, 1.82) is 5.26 Å². The summed E-state index contributed by atoms with van der Waals surface area (Å²) in [5, 5.41) is 11.2. The minimum Gasteiger partial charge on any atom is -0.368 e. The first-order valence-corrected chi connectivity index (χ1v) is 8.53. The molecule has 1 fully saturated rings. The van der Waals surface area contributed by atoms with E-state index in [2.05, 4.69) is 10.2 Å². The molecule has 6 heteroatoms. The van der Waals surface area contributed by atoms with Gasteiger partial charge in [-0.3, -0.25) is 9.59 Å². The third-order valence-electron chi connectivity index (χ3n) is 4.34. The molecule has 0 spiro atoms. The molecule has 2 aromatic rings. The third kappa shape index (κ3) is 4.19. The second-order valence-corrected chi connectivity index (χ2v) is 6.08. The van der Waals surface area contributed by atoms with E-state index in [-0.39, 0.29) is 18.2 Å². The van der Waals surface area contributed by atoms with Crippen LogP contribution >= 0.6 is 0 Å². The van der Waals surface area contributed by atoms with Gasteiger partial charge in [0.2, 0.25) is 5.91 Å². The highest BCUT2D eigenvalue weighted by atomic mass is 16.2. The van der Waals surface area contributed by atoms with E-state index in [0.29, 0.717) is 18.8 Å². The largest absolute Gasteiger partial charge is 0.368 e. The maximum atomic E-state index is 12.5. The Hall–Kier alpha value is -3.33. The van der Waals surface area contributed by atoms with Crippen LogP contribution in [0.15, 0.2) is 54.6 Å². The summed E-state index contributed by atoms with van der Waals surface area (Å²) in [5.41, 5.74) is 2.44. The van der Waals surface area contributed by atoms with Crippen molar-refractivity contribution in [2.75, 3.05) is 36.4 Å². The van der Waals surface area contributed by atoms with Crippen LogP contribution in [0.4, 0.5) is 11.4 Å². The van der Waals surface area contributed by atoms with Crippen molar-refractivity contribution in [1.82, 2.24) is 4.90 Å². The number of carbonyl (C=O) groups is 2. The zero-order valence-electron chi connectivity index (χ0n) is 14.4. The summed E-state index contributed by atoms with van der Waals surface area (Å²) >= 11 is 0. The highest BCUT2D eigenvalue weighted by Gasteiger charge is 2.22. The minimum absolute atomic E-state index is 0.0702. The Morgan fingerprint density at radius 1 is 0.962 bits per heavy atom. The topological polar surface area (TPSA) is 76.4 Å². The van der Waals surface area contributed by atoms with Crippen molar-refractivity contribution >= 4 is 23.2 Å². The van der Waals surface area contributed by atoms with Crippen molar-refractivity contribution in [2.24, 2.45) is 0 Å². The standard InChI is InChI=1S/C20H20N4O2/c21-11-10-19(25)22-17-6-8-18(9-7-17)23-12-14-24(15-13-23)20(26)16-4-2-1-3-5-16/h1-9H,10,12-15H2,(H,22,25). The van der Waals surface area contributed by atoms with Gasteiger partial charge in [-0.05, 0) is 36.4 Å². The maximum Gasteiger partial charge on any atom is 0.253 e. The number of hydrogen-bond acceptors (Lipinski definition) is 4. The molecule has 2 amide bonds. The molecule has 3 rings (SSSR count). The Morgan fingerprint density at radius 2 is 1.62 bits per heavy atom. The average molecular weight is 348 g/mol. The summed E-state index contributed by atoms with van der Waals surface area (Å²) in [6.07, 6.45) is -0.154. The first-order chi connectivity index (χ1) is 12.7. The van der Waals surface area contributed by atoms with Crippen LogP contribution in [0.3, 0.4) is 0 Å². The molecule has 2 aromatic carbocycles. The van der Waals surface area contributed by atoms with Crippen molar-refractivity contribution in [3.05, 3.63) is 60.2 Å². The van der Waals surface area contributed by atoms with Gasteiger partial charge in [-0.25, -0.2) is 0 Å². The van der Waals surface area contributed by atoms with Crippen molar-refractivity contribution in [3.63, 3.8) is 0 Å². The Kier molecular flexibility index (Phi) is 5.49. The number of benzene rings is 2. The smallest absolute Gasteiger partial charge is 0.253 e. The maximum absolute atomic E-state index is 12.5. The van der Waals surface area contributed by atoms with Crippen molar-refractivity contribution in [3.8, 4) is 6.07 Å². The Morgan fingerprint density at radius 3 is 2.23 bits per heavy atom. The third-order valence-corrected chi connectivity index (χ3v) is 4.34. The normalized spacial score (nSPS) is 13.8. The lowest BCUT2D eigenvalue weighted by atomic mass is 10.1. The van der Waals surface area contributed by atoms with Gasteiger partial charge in [0.1, 0.15) is 6.42 Å². The lowest BCUT2D eigenvalue weighted by Gasteiger charge is -2.36. The zero-order chi connectivity index (χ0) is 18.4. The van der Waals surface area contributed by atoms with E-state index in [1.54, 1.807) is 0 Å². The van der Waals surface area contributed by atoms with Gasteiger partial charge in [-0.15, -0.1) is 0 Å². The Bertz CT molecular complexity index is 804. The van der Waals surface area contributed by atoms with Crippen LogP contribution in [0.5, 0.6) is 0 Å². The van der Waals surface area contributed by atoms with Gasteiger partial charge in [0.15, 0.2) is 0 Å². The van der Waals surface area contributed by atoms with Crippen LogP contribution in [0.2, 0.25) is 0 Å². The van der Waals surface area contributed by atoms with Crippen LogP contribution in [0, 0.1) is 11.3 Å². The summed E-state index contributed by atoms with van der Waals surface area (Å²) in [5.74, 6) is -0.242. The van der Waals surface area contributed by atoms with Crippen molar-refractivity contribution in [2.45, 2.75) is 6.42 Å². The molecule has 0 atom stereocenters. The fourth-order valence-electron chi connectivity index (χ4n) is 2.96. The quantitative estimate of drug-likeness (QED) is 0.921. The molecule has 26 heavy (non-hydrogen) atoms. The predicted octanol–water partition coefficient (Wildman–Crippen LogP) is 2.50. The number of piperazine rings is 1. The lowest BCUT2D eigenvalue weighted by Crippen LogP contribution is -2.48.